The van der Waals surface area contributed by atoms with E-state index in [-0.39, 0.29) is 16.9 Å². The Labute approximate surface area is 111 Å². The third kappa shape index (κ3) is 2.75. The summed E-state index contributed by atoms with van der Waals surface area (Å²) in [4.78, 5) is 24.7. The number of aryl methyl sites for hydroxylation is 1. The van der Waals surface area contributed by atoms with E-state index in [1.807, 2.05) is 17.7 Å². The Bertz CT molecular complexity index is 458. The minimum absolute atomic E-state index is 0.111. The minimum atomic E-state index is 0.111. The molecule has 0 bridgehead atoms. The third-order valence-corrected chi connectivity index (χ3v) is 4.04. The average Bonchev–Trinajstić information content (AvgIpc) is 2.91. The van der Waals surface area contributed by atoms with Gasteiger partial charge >= 0.3 is 0 Å². The van der Waals surface area contributed by atoms with Gasteiger partial charge in [-0.15, -0.1) is 0 Å². The van der Waals surface area contributed by atoms with Crippen molar-refractivity contribution in [2.24, 2.45) is 5.92 Å². The number of nitrogens with zero attached hydrogens (tertiary/aromatic N) is 3. The quantitative estimate of drug-likeness (QED) is 0.830. The van der Waals surface area contributed by atoms with Gasteiger partial charge in [-0.2, -0.15) is 5.10 Å². The van der Waals surface area contributed by atoms with Crippen LogP contribution in [0, 0.1) is 5.92 Å². The summed E-state index contributed by atoms with van der Waals surface area (Å²) >= 11 is 1.30. The number of anilines is 1. The van der Waals surface area contributed by atoms with Crippen molar-refractivity contribution in [2.75, 3.05) is 17.2 Å². The van der Waals surface area contributed by atoms with E-state index in [1.165, 1.54) is 11.8 Å². The highest BCUT2D eigenvalue weighted by atomic mass is 32.2. The van der Waals surface area contributed by atoms with Crippen molar-refractivity contribution in [3.8, 4) is 0 Å². The minimum Gasteiger partial charge on any atom is -0.297 e. The largest absolute Gasteiger partial charge is 0.297 e. The summed E-state index contributed by atoms with van der Waals surface area (Å²) in [5.41, 5.74) is 0. The van der Waals surface area contributed by atoms with Crippen LogP contribution in [0.25, 0.3) is 0 Å². The van der Waals surface area contributed by atoms with Crippen molar-refractivity contribution < 1.29 is 9.59 Å². The molecule has 2 rings (SSSR count). The molecule has 2 heterocycles. The number of rotatable bonds is 4. The van der Waals surface area contributed by atoms with E-state index < -0.39 is 0 Å². The SMILES string of the molecule is CCn1nccc1N1CC(CSC(C)=O)CC1=O. The summed E-state index contributed by atoms with van der Waals surface area (Å²) in [7, 11) is 0. The van der Waals surface area contributed by atoms with Crippen LogP contribution in [0.2, 0.25) is 0 Å². The van der Waals surface area contributed by atoms with Crippen LogP contribution in [0.1, 0.15) is 20.3 Å². The van der Waals surface area contributed by atoms with Crippen molar-refractivity contribution in [1.29, 1.82) is 0 Å². The number of amides is 1. The zero-order valence-corrected chi connectivity index (χ0v) is 11.4. The van der Waals surface area contributed by atoms with Gasteiger partial charge < -0.3 is 0 Å². The Balaban J connectivity index is 2.03. The molecular formula is C12H17N3O2S. The summed E-state index contributed by atoms with van der Waals surface area (Å²) in [6.45, 7) is 5.00. The topological polar surface area (TPSA) is 55.2 Å². The predicted molar refractivity (Wildman–Crippen MR) is 71.5 cm³/mol. The molecule has 1 aliphatic rings. The standard InChI is InChI=1S/C12H17N3O2S/c1-3-15-11(4-5-13-15)14-7-10(6-12(14)17)8-18-9(2)16/h4-5,10H,3,6-8H2,1-2H3. The lowest BCUT2D eigenvalue weighted by Gasteiger charge is -2.17. The first-order valence-corrected chi connectivity index (χ1v) is 7.06. The fourth-order valence-electron chi connectivity index (χ4n) is 2.15. The van der Waals surface area contributed by atoms with Crippen molar-refractivity contribution in [3.05, 3.63) is 12.3 Å². The van der Waals surface area contributed by atoms with Gasteiger partial charge in [0.2, 0.25) is 5.91 Å². The molecule has 1 aliphatic heterocycles. The fourth-order valence-corrected chi connectivity index (χ4v) is 2.84. The first-order valence-electron chi connectivity index (χ1n) is 6.07. The van der Waals surface area contributed by atoms with Gasteiger partial charge in [-0.3, -0.25) is 14.5 Å². The maximum atomic E-state index is 12.0. The zero-order valence-electron chi connectivity index (χ0n) is 10.6. The number of thioether (sulfide) groups is 1. The molecule has 98 valence electrons. The maximum Gasteiger partial charge on any atom is 0.228 e. The second kappa shape index (κ2) is 5.56. The lowest BCUT2D eigenvalue weighted by atomic mass is 10.1. The first kappa shape index (κ1) is 13.1. The Hall–Kier alpha value is -1.30. The second-order valence-corrected chi connectivity index (χ2v) is 5.58. The molecule has 0 aliphatic carbocycles. The maximum absolute atomic E-state index is 12.0. The van der Waals surface area contributed by atoms with E-state index in [0.717, 1.165) is 18.1 Å². The third-order valence-electron chi connectivity index (χ3n) is 3.00. The Kier molecular flexibility index (Phi) is 4.06. The summed E-state index contributed by atoms with van der Waals surface area (Å²) in [6, 6.07) is 1.86. The van der Waals surface area contributed by atoms with Gasteiger partial charge in [0.05, 0.1) is 6.20 Å². The second-order valence-electron chi connectivity index (χ2n) is 4.38. The average molecular weight is 267 g/mol. The molecule has 0 N–H and O–H groups in total. The molecular weight excluding hydrogens is 250 g/mol. The van der Waals surface area contributed by atoms with Gasteiger partial charge in [-0.25, -0.2) is 4.68 Å². The van der Waals surface area contributed by atoms with Crippen molar-refractivity contribution >= 4 is 28.6 Å². The number of hydrogen-bond donors (Lipinski definition) is 0. The number of aromatic nitrogens is 2. The highest BCUT2D eigenvalue weighted by Crippen LogP contribution is 2.27. The van der Waals surface area contributed by atoms with Gasteiger partial charge in [0.1, 0.15) is 5.82 Å². The lowest BCUT2D eigenvalue weighted by molar-refractivity contribution is -0.117. The van der Waals surface area contributed by atoms with E-state index in [0.29, 0.717) is 13.0 Å². The van der Waals surface area contributed by atoms with Crippen LogP contribution in [0.15, 0.2) is 12.3 Å². The van der Waals surface area contributed by atoms with Crippen LogP contribution in [0.3, 0.4) is 0 Å². The van der Waals surface area contributed by atoms with Crippen LogP contribution in [-0.4, -0.2) is 33.1 Å². The number of hydrogen-bond acceptors (Lipinski definition) is 4. The van der Waals surface area contributed by atoms with E-state index in [1.54, 1.807) is 18.0 Å². The molecule has 18 heavy (non-hydrogen) atoms. The fraction of sp³-hybridized carbons (Fsp3) is 0.583. The van der Waals surface area contributed by atoms with Crippen LogP contribution in [-0.2, 0) is 16.1 Å². The molecule has 0 aromatic carbocycles. The zero-order chi connectivity index (χ0) is 13.1. The number of carbonyl (C=O) groups is 2. The molecule has 1 atom stereocenters. The van der Waals surface area contributed by atoms with Crippen LogP contribution in [0.5, 0.6) is 0 Å². The Morgan fingerprint density at radius 3 is 3.06 bits per heavy atom. The van der Waals surface area contributed by atoms with Gasteiger partial charge in [-0.05, 0) is 12.8 Å². The Morgan fingerprint density at radius 2 is 2.39 bits per heavy atom. The van der Waals surface area contributed by atoms with E-state index >= 15 is 0 Å². The monoisotopic (exact) mass is 267 g/mol. The van der Waals surface area contributed by atoms with Crippen molar-refractivity contribution in [3.63, 3.8) is 0 Å². The molecule has 1 unspecified atom stereocenters. The molecule has 0 spiro atoms. The van der Waals surface area contributed by atoms with Gasteiger partial charge in [0.15, 0.2) is 5.12 Å². The highest BCUT2D eigenvalue weighted by molar-refractivity contribution is 8.13. The molecule has 0 saturated carbocycles. The van der Waals surface area contributed by atoms with Crippen molar-refractivity contribution in [1.82, 2.24) is 9.78 Å². The van der Waals surface area contributed by atoms with Crippen LogP contribution in [0.4, 0.5) is 5.82 Å². The van der Waals surface area contributed by atoms with Gasteiger partial charge in [0, 0.05) is 38.3 Å². The lowest BCUT2D eigenvalue weighted by Crippen LogP contribution is -2.27. The van der Waals surface area contributed by atoms with E-state index in [4.69, 9.17) is 0 Å². The molecule has 5 nitrogen and oxygen atoms in total. The predicted octanol–water partition coefficient (Wildman–Crippen LogP) is 1.54. The molecule has 1 aromatic heterocycles. The van der Waals surface area contributed by atoms with Gasteiger partial charge in [0.25, 0.3) is 0 Å². The van der Waals surface area contributed by atoms with E-state index in [2.05, 4.69) is 5.10 Å². The first-order chi connectivity index (χ1) is 8.61. The van der Waals surface area contributed by atoms with Gasteiger partial charge in [-0.1, -0.05) is 11.8 Å². The summed E-state index contributed by atoms with van der Waals surface area (Å²) < 4.78 is 1.82. The summed E-state index contributed by atoms with van der Waals surface area (Å²) in [5, 5.41) is 4.29. The normalized spacial score (nSPS) is 19.6. The molecule has 1 aromatic rings. The van der Waals surface area contributed by atoms with E-state index in [9.17, 15) is 9.59 Å². The van der Waals surface area contributed by atoms with Crippen LogP contribution >= 0.6 is 11.8 Å². The molecule has 6 heteroatoms. The highest BCUT2D eigenvalue weighted by Gasteiger charge is 2.32. The smallest absolute Gasteiger partial charge is 0.228 e. The summed E-state index contributed by atoms with van der Waals surface area (Å²) in [5.74, 6) is 1.96. The molecule has 1 amide bonds. The van der Waals surface area contributed by atoms with Crippen molar-refractivity contribution in [2.45, 2.75) is 26.8 Å². The Morgan fingerprint density at radius 1 is 1.61 bits per heavy atom. The molecule has 1 saturated heterocycles. The summed E-state index contributed by atoms with van der Waals surface area (Å²) in [6.07, 6.45) is 2.24. The molecule has 0 radical (unpaired) electrons. The van der Waals surface area contributed by atoms with Crippen LogP contribution < -0.4 is 4.90 Å². The molecule has 1 fully saturated rings. The number of carbonyl (C=O) groups excluding carboxylic acids is 2.